The predicted molar refractivity (Wildman–Crippen MR) is 39.1 cm³/mol. The molecule has 0 aliphatic carbocycles. The molecule has 0 N–H and O–H groups in total. The van der Waals surface area contributed by atoms with Crippen LogP contribution in [0.2, 0.25) is 0 Å². The molecule has 0 spiro atoms. The average molecular weight is 126 g/mol. The van der Waals surface area contributed by atoms with Crippen molar-refractivity contribution in [3.8, 4) is 0 Å². The summed E-state index contributed by atoms with van der Waals surface area (Å²) in [7, 11) is 0. The van der Waals surface area contributed by atoms with Gasteiger partial charge in [-0.25, -0.2) is 4.39 Å². The molecule has 0 aromatic heterocycles. The van der Waals surface area contributed by atoms with Crippen LogP contribution in [0.15, 0.2) is 36.5 Å². The number of allylic oxidation sites excluding steroid dienone is 4. The molecule has 0 nitrogen and oxygen atoms in total. The molecule has 0 heterocycles. The summed E-state index contributed by atoms with van der Waals surface area (Å²) in [6.07, 6.45) is 3.39. The lowest BCUT2D eigenvalue weighted by Crippen LogP contribution is -1.84. The maximum absolute atomic E-state index is 11.8. The third-order valence-electron chi connectivity index (χ3n) is 1.10. The van der Waals surface area contributed by atoms with E-state index in [1.165, 1.54) is 0 Å². The highest BCUT2D eigenvalue weighted by Crippen LogP contribution is 2.07. The van der Waals surface area contributed by atoms with Gasteiger partial charge in [0, 0.05) is 0 Å². The van der Waals surface area contributed by atoms with E-state index in [1.807, 2.05) is 6.92 Å². The Bertz CT molecular complexity index is 143. The Hall–Kier alpha value is -0.850. The fourth-order valence-corrected chi connectivity index (χ4v) is 0.543. The minimum Gasteiger partial charge on any atom is -0.246 e. The predicted octanol–water partition coefficient (Wildman–Crippen LogP) is 2.64. The van der Waals surface area contributed by atoms with E-state index < -0.39 is 6.67 Å². The van der Waals surface area contributed by atoms with E-state index >= 15 is 0 Å². The van der Waals surface area contributed by atoms with Crippen LogP contribution >= 0.6 is 0 Å². The minimum absolute atomic E-state index is 0.493. The van der Waals surface area contributed by atoms with E-state index in [0.717, 1.165) is 5.57 Å². The molecule has 0 unspecified atom stereocenters. The van der Waals surface area contributed by atoms with Crippen LogP contribution in [0.1, 0.15) is 6.92 Å². The highest BCUT2D eigenvalue weighted by molar-refractivity contribution is 5.36. The summed E-state index contributed by atoms with van der Waals surface area (Å²) in [4.78, 5) is 0. The van der Waals surface area contributed by atoms with Gasteiger partial charge in [0.05, 0.1) is 0 Å². The van der Waals surface area contributed by atoms with E-state index in [0.29, 0.717) is 5.57 Å². The lowest BCUT2D eigenvalue weighted by Gasteiger charge is -1.97. The third-order valence-corrected chi connectivity index (χ3v) is 1.10. The molecule has 0 aromatic carbocycles. The highest BCUT2D eigenvalue weighted by atomic mass is 19.1. The molecule has 0 amide bonds. The standard InChI is InChI=1S/C8H11F/c1-4-8(5-2)7(3)6-9/h4-5H,1,3,6H2,2H3/b8-5+. The quantitative estimate of drug-likeness (QED) is 0.510. The van der Waals surface area contributed by atoms with Crippen LogP contribution in [0.5, 0.6) is 0 Å². The van der Waals surface area contributed by atoms with E-state index in [2.05, 4.69) is 13.2 Å². The van der Waals surface area contributed by atoms with Gasteiger partial charge in [-0.2, -0.15) is 0 Å². The molecule has 0 aromatic rings. The molecular formula is C8H11F. The van der Waals surface area contributed by atoms with E-state index in [1.54, 1.807) is 12.2 Å². The Labute approximate surface area is 55.4 Å². The zero-order valence-corrected chi connectivity index (χ0v) is 5.65. The summed E-state index contributed by atoms with van der Waals surface area (Å²) in [5.74, 6) is 0. The van der Waals surface area contributed by atoms with Crippen molar-refractivity contribution in [3.63, 3.8) is 0 Å². The molecule has 0 saturated heterocycles. The van der Waals surface area contributed by atoms with Gasteiger partial charge >= 0.3 is 0 Å². The summed E-state index contributed by atoms with van der Waals surface area (Å²) < 4.78 is 11.8. The topological polar surface area (TPSA) is 0 Å². The highest BCUT2D eigenvalue weighted by Gasteiger charge is 1.93. The monoisotopic (exact) mass is 126 g/mol. The number of hydrogen-bond acceptors (Lipinski definition) is 0. The van der Waals surface area contributed by atoms with Crippen molar-refractivity contribution in [1.29, 1.82) is 0 Å². The summed E-state index contributed by atoms with van der Waals surface area (Å²) in [6, 6.07) is 0. The maximum atomic E-state index is 11.8. The van der Waals surface area contributed by atoms with Crippen LogP contribution in [-0.4, -0.2) is 6.67 Å². The van der Waals surface area contributed by atoms with Crippen molar-refractivity contribution in [2.75, 3.05) is 6.67 Å². The molecule has 0 bridgehead atoms. The molecule has 9 heavy (non-hydrogen) atoms. The Morgan fingerprint density at radius 1 is 1.67 bits per heavy atom. The fraction of sp³-hybridized carbons (Fsp3) is 0.250. The van der Waals surface area contributed by atoms with Gasteiger partial charge in [0.1, 0.15) is 6.67 Å². The number of rotatable bonds is 3. The van der Waals surface area contributed by atoms with Crippen molar-refractivity contribution < 1.29 is 4.39 Å². The smallest absolute Gasteiger partial charge is 0.115 e. The summed E-state index contributed by atoms with van der Waals surface area (Å²) in [5, 5.41) is 0. The van der Waals surface area contributed by atoms with Gasteiger partial charge in [-0.15, -0.1) is 0 Å². The Kier molecular flexibility index (Phi) is 3.69. The second kappa shape index (κ2) is 4.07. The molecule has 50 valence electrons. The van der Waals surface area contributed by atoms with Crippen molar-refractivity contribution in [2.45, 2.75) is 6.92 Å². The first kappa shape index (κ1) is 8.15. The van der Waals surface area contributed by atoms with Crippen LogP contribution in [0.25, 0.3) is 0 Å². The minimum atomic E-state index is -0.494. The van der Waals surface area contributed by atoms with Gasteiger partial charge in [0.15, 0.2) is 0 Å². The Morgan fingerprint density at radius 2 is 2.22 bits per heavy atom. The molecular weight excluding hydrogens is 115 g/mol. The molecule has 0 radical (unpaired) electrons. The van der Waals surface area contributed by atoms with Crippen LogP contribution in [0.4, 0.5) is 4.39 Å². The molecule has 0 fully saturated rings. The molecule has 0 aliphatic rings. The van der Waals surface area contributed by atoms with Crippen molar-refractivity contribution >= 4 is 0 Å². The zero-order valence-electron chi connectivity index (χ0n) is 5.65. The lowest BCUT2D eigenvalue weighted by atomic mass is 10.1. The number of alkyl halides is 1. The average Bonchev–Trinajstić information content (AvgIpc) is 1.90. The fourth-order valence-electron chi connectivity index (χ4n) is 0.543. The van der Waals surface area contributed by atoms with Crippen LogP contribution in [0.3, 0.4) is 0 Å². The summed E-state index contributed by atoms with van der Waals surface area (Å²) in [5.41, 5.74) is 1.28. The molecule has 0 saturated carbocycles. The van der Waals surface area contributed by atoms with Crippen LogP contribution in [0, 0.1) is 0 Å². The zero-order chi connectivity index (χ0) is 7.28. The first-order valence-corrected chi connectivity index (χ1v) is 2.79. The van der Waals surface area contributed by atoms with E-state index in [-0.39, 0.29) is 0 Å². The second-order valence-corrected chi connectivity index (χ2v) is 1.69. The number of hydrogen-bond donors (Lipinski definition) is 0. The van der Waals surface area contributed by atoms with Crippen LogP contribution in [-0.2, 0) is 0 Å². The first-order chi connectivity index (χ1) is 4.26. The van der Waals surface area contributed by atoms with Crippen molar-refractivity contribution in [3.05, 3.63) is 36.5 Å². The Morgan fingerprint density at radius 3 is 2.33 bits per heavy atom. The normalized spacial score (nSPS) is 11.1. The van der Waals surface area contributed by atoms with Crippen molar-refractivity contribution in [2.24, 2.45) is 0 Å². The van der Waals surface area contributed by atoms with E-state index in [9.17, 15) is 4.39 Å². The maximum Gasteiger partial charge on any atom is 0.115 e. The SMILES string of the molecule is C=C/C(=C\C)C(=C)CF. The molecule has 0 rings (SSSR count). The van der Waals surface area contributed by atoms with Gasteiger partial charge in [-0.1, -0.05) is 25.3 Å². The lowest BCUT2D eigenvalue weighted by molar-refractivity contribution is 0.548. The second-order valence-electron chi connectivity index (χ2n) is 1.69. The number of halogens is 1. The summed E-state index contributed by atoms with van der Waals surface area (Å²) in [6.45, 7) is 8.34. The largest absolute Gasteiger partial charge is 0.246 e. The first-order valence-electron chi connectivity index (χ1n) is 2.79. The van der Waals surface area contributed by atoms with Crippen LogP contribution < -0.4 is 0 Å². The third kappa shape index (κ3) is 2.27. The molecule has 0 aliphatic heterocycles. The molecule has 1 heteroatoms. The van der Waals surface area contributed by atoms with Gasteiger partial charge in [0.25, 0.3) is 0 Å². The van der Waals surface area contributed by atoms with Gasteiger partial charge in [-0.3, -0.25) is 0 Å². The van der Waals surface area contributed by atoms with Gasteiger partial charge in [0.2, 0.25) is 0 Å². The van der Waals surface area contributed by atoms with Crippen molar-refractivity contribution in [1.82, 2.24) is 0 Å². The van der Waals surface area contributed by atoms with E-state index in [4.69, 9.17) is 0 Å². The van der Waals surface area contributed by atoms with Gasteiger partial charge in [-0.05, 0) is 18.1 Å². The summed E-state index contributed by atoms with van der Waals surface area (Å²) >= 11 is 0. The molecule has 0 atom stereocenters. The van der Waals surface area contributed by atoms with Gasteiger partial charge < -0.3 is 0 Å². The Balaban J connectivity index is 4.14.